The van der Waals surface area contributed by atoms with E-state index in [2.05, 4.69) is 15.4 Å². The summed E-state index contributed by atoms with van der Waals surface area (Å²) in [5.41, 5.74) is 1.57. The first-order chi connectivity index (χ1) is 12.0. The number of nitro benzene ring substituents is 1. The number of amides is 1. The van der Waals surface area contributed by atoms with Gasteiger partial charge >= 0.3 is 0 Å². The fourth-order valence-corrected chi connectivity index (χ4v) is 2.60. The number of anilines is 1. The molecule has 0 fully saturated rings. The van der Waals surface area contributed by atoms with Crippen LogP contribution in [0.3, 0.4) is 0 Å². The van der Waals surface area contributed by atoms with E-state index in [9.17, 15) is 14.9 Å². The second-order valence-electron chi connectivity index (χ2n) is 5.93. The molecular formula is C17H17N5O3. The van der Waals surface area contributed by atoms with Crippen LogP contribution < -0.4 is 5.32 Å². The van der Waals surface area contributed by atoms with E-state index in [1.807, 2.05) is 13.8 Å². The van der Waals surface area contributed by atoms with Crippen molar-refractivity contribution in [1.29, 1.82) is 0 Å². The summed E-state index contributed by atoms with van der Waals surface area (Å²) < 4.78 is 1.80. The molecule has 0 radical (unpaired) electrons. The van der Waals surface area contributed by atoms with Crippen molar-refractivity contribution in [2.24, 2.45) is 0 Å². The Kier molecular flexibility index (Phi) is 4.42. The minimum atomic E-state index is -0.490. The highest BCUT2D eigenvalue weighted by molar-refractivity contribution is 5.94. The number of nitrogens with one attached hydrogen (secondary N) is 1. The SMILES string of the molecule is CC(C)n1ncc2cc(NC(=O)Cc3ccccc3[N+](=O)[O-])cnc21. The van der Waals surface area contributed by atoms with Crippen LogP contribution in [-0.4, -0.2) is 25.6 Å². The lowest BCUT2D eigenvalue weighted by Crippen LogP contribution is -2.15. The molecule has 3 aromatic rings. The maximum absolute atomic E-state index is 12.2. The quantitative estimate of drug-likeness (QED) is 0.568. The molecule has 0 aliphatic heterocycles. The van der Waals surface area contributed by atoms with Gasteiger partial charge in [-0.3, -0.25) is 14.9 Å². The topological polar surface area (TPSA) is 103 Å². The monoisotopic (exact) mass is 339 g/mol. The maximum atomic E-state index is 12.2. The van der Waals surface area contributed by atoms with Crippen molar-refractivity contribution in [2.45, 2.75) is 26.3 Å². The van der Waals surface area contributed by atoms with E-state index in [0.29, 0.717) is 11.3 Å². The van der Waals surface area contributed by atoms with Crippen LogP contribution in [0.5, 0.6) is 0 Å². The van der Waals surface area contributed by atoms with Crippen LogP contribution in [0.15, 0.2) is 42.7 Å². The first-order valence-electron chi connectivity index (χ1n) is 7.81. The van der Waals surface area contributed by atoms with Crippen molar-refractivity contribution in [3.63, 3.8) is 0 Å². The highest BCUT2D eigenvalue weighted by Crippen LogP contribution is 2.21. The molecule has 0 saturated heterocycles. The predicted octanol–water partition coefficient (Wildman–Crippen LogP) is 3.10. The summed E-state index contributed by atoms with van der Waals surface area (Å²) in [4.78, 5) is 27.1. The number of hydrogen-bond acceptors (Lipinski definition) is 5. The summed E-state index contributed by atoms with van der Waals surface area (Å²) in [5.74, 6) is -0.341. The average molecular weight is 339 g/mol. The van der Waals surface area contributed by atoms with Gasteiger partial charge in [0, 0.05) is 23.1 Å². The third kappa shape index (κ3) is 3.47. The molecule has 1 amide bonds. The van der Waals surface area contributed by atoms with Crippen molar-refractivity contribution < 1.29 is 9.72 Å². The Morgan fingerprint density at radius 2 is 2.08 bits per heavy atom. The van der Waals surface area contributed by atoms with Crippen molar-refractivity contribution >= 4 is 28.3 Å². The Bertz CT molecular complexity index is 948. The Hall–Kier alpha value is -3.29. The number of rotatable bonds is 5. The van der Waals surface area contributed by atoms with Crippen LogP contribution in [0.25, 0.3) is 11.0 Å². The number of hydrogen-bond donors (Lipinski definition) is 1. The number of aromatic nitrogens is 3. The van der Waals surface area contributed by atoms with Gasteiger partial charge in [-0.15, -0.1) is 0 Å². The third-order valence-electron chi connectivity index (χ3n) is 3.75. The lowest BCUT2D eigenvalue weighted by molar-refractivity contribution is -0.385. The van der Waals surface area contributed by atoms with E-state index in [1.165, 1.54) is 6.07 Å². The Morgan fingerprint density at radius 1 is 1.32 bits per heavy atom. The highest BCUT2D eigenvalue weighted by atomic mass is 16.6. The van der Waals surface area contributed by atoms with Crippen molar-refractivity contribution in [1.82, 2.24) is 14.8 Å². The molecule has 2 aromatic heterocycles. The van der Waals surface area contributed by atoms with E-state index in [4.69, 9.17) is 0 Å². The predicted molar refractivity (Wildman–Crippen MR) is 93.3 cm³/mol. The van der Waals surface area contributed by atoms with Crippen molar-refractivity contribution in [2.75, 3.05) is 5.32 Å². The zero-order valence-corrected chi connectivity index (χ0v) is 13.8. The second-order valence-corrected chi connectivity index (χ2v) is 5.93. The zero-order chi connectivity index (χ0) is 18.0. The number of benzene rings is 1. The minimum absolute atomic E-state index is 0.0653. The number of para-hydroxylation sites is 1. The average Bonchev–Trinajstić information content (AvgIpc) is 2.98. The van der Waals surface area contributed by atoms with Gasteiger partial charge in [-0.2, -0.15) is 5.10 Å². The van der Waals surface area contributed by atoms with Gasteiger partial charge in [-0.1, -0.05) is 18.2 Å². The van der Waals surface area contributed by atoms with Crippen molar-refractivity contribution in [3.8, 4) is 0 Å². The molecule has 128 valence electrons. The van der Waals surface area contributed by atoms with E-state index in [-0.39, 0.29) is 24.1 Å². The summed E-state index contributed by atoms with van der Waals surface area (Å²) in [7, 11) is 0. The smallest absolute Gasteiger partial charge is 0.273 e. The van der Waals surface area contributed by atoms with Crippen LogP contribution in [0.1, 0.15) is 25.5 Å². The maximum Gasteiger partial charge on any atom is 0.273 e. The highest BCUT2D eigenvalue weighted by Gasteiger charge is 2.16. The Labute approximate surface area is 143 Å². The molecule has 8 nitrogen and oxygen atoms in total. The fourth-order valence-electron chi connectivity index (χ4n) is 2.60. The summed E-state index contributed by atoms with van der Waals surface area (Å²) in [5, 5.41) is 18.8. The van der Waals surface area contributed by atoms with Crippen LogP contribution >= 0.6 is 0 Å². The van der Waals surface area contributed by atoms with Gasteiger partial charge in [-0.25, -0.2) is 9.67 Å². The molecule has 0 unspecified atom stereocenters. The van der Waals surface area contributed by atoms with Crippen LogP contribution in [0, 0.1) is 10.1 Å². The summed E-state index contributed by atoms with van der Waals surface area (Å²) >= 11 is 0. The van der Waals surface area contributed by atoms with E-state index in [1.54, 1.807) is 41.3 Å². The van der Waals surface area contributed by atoms with E-state index in [0.717, 1.165) is 11.0 Å². The van der Waals surface area contributed by atoms with Gasteiger partial charge in [0.1, 0.15) is 0 Å². The van der Waals surface area contributed by atoms with Gasteiger partial charge < -0.3 is 5.32 Å². The summed E-state index contributed by atoms with van der Waals surface area (Å²) in [6.07, 6.45) is 3.17. The normalized spacial score (nSPS) is 11.0. The third-order valence-corrected chi connectivity index (χ3v) is 3.75. The Morgan fingerprint density at radius 3 is 2.80 bits per heavy atom. The van der Waals surface area contributed by atoms with E-state index >= 15 is 0 Å². The van der Waals surface area contributed by atoms with Gasteiger partial charge in [0.05, 0.1) is 29.4 Å². The fraction of sp³-hybridized carbons (Fsp3) is 0.235. The number of nitrogens with zero attached hydrogens (tertiary/aromatic N) is 4. The molecule has 25 heavy (non-hydrogen) atoms. The molecule has 0 saturated carbocycles. The lowest BCUT2D eigenvalue weighted by Gasteiger charge is -2.08. The molecular weight excluding hydrogens is 322 g/mol. The number of pyridine rings is 1. The molecule has 0 atom stereocenters. The standard InChI is InChI=1S/C17H17N5O3/c1-11(2)21-17-13(9-19-21)7-14(10-18-17)20-16(23)8-12-5-3-4-6-15(12)22(24)25/h3-7,9-11H,8H2,1-2H3,(H,20,23). The number of carbonyl (C=O) groups is 1. The molecule has 1 aromatic carbocycles. The Balaban J connectivity index is 1.77. The largest absolute Gasteiger partial charge is 0.324 e. The second kappa shape index (κ2) is 6.68. The van der Waals surface area contributed by atoms with Gasteiger partial charge in [0.2, 0.25) is 5.91 Å². The number of nitro groups is 1. The molecule has 3 rings (SSSR count). The van der Waals surface area contributed by atoms with Crippen LogP contribution in [0.4, 0.5) is 11.4 Å². The van der Waals surface area contributed by atoms with Crippen LogP contribution in [0.2, 0.25) is 0 Å². The minimum Gasteiger partial charge on any atom is -0.324 e. The zero-order valence-electron chi connectivity index (χ0n) is 13.8. The molecule has 2 heterocycles. The molecule has 0 aliphatic rings. The summed E-state index contributed by atoms with van der Waals surface area (Å²) in [6.45, 7) is 4.02. The number of fused-ring (bicyclic) bond motifs is 1. The van der Waals surface area contributed by atoms with E-state index < -0.39 is 4.92 Å². The van der Waals surface area contributed by atoms with Crippen molar-refractivity contribution in [3.05, 3.63) is 58.4 Å². The first-order valence-corrected chi connectivity index (χ1v) is 7.81. The van der Waals surface area contributed by atoms with Gasteiger partial charge in [0.25, 0.3) is 5.69 Å². The van der Waals surface area contributed by atoms with Gasteiger partial charge in [-0.05, 0) is 19.9 Å². The van der Waals surface area contributed by atoms with Crippen LogP contribution in [-0.2, 0) is 11.2 Å². The van der Waals surface area contributed by atoms with Gasteiger partial charge in [0.15, 0.2) is 5.65 Å². The lowest BCUT2D eigenvalue weighted by atomic mass is 10.1. The first kappa shape index (κ1) is 16.6. The molecule has 0 spiro atoms. The molecule has 8 heteroatoms. The summed E-state index contributed by atoms with van der Waals surface area (Å²) in [6, 6.07) is 8.17. The molecule has 0 bridgehead atoms. The molecule has 0 aliphatic carbocycles. The number of carbonyl (C=O) groups excluding carboxylic acids is 1. The molecule has 1 N–H and O–H groups in total.